The van der Waals surface area contributed by atoms with Crippen LogP contribution >= 0.6 is 11.6 Å². The van der Waals surface area contributed by atoms with Gasteiger partial charge in [0.15, 0.2) is 0 Å². The number of anilines is 1. The van der Waals surface area contributed by atoms with Gasteiger partial charge in [-0.05, 0) is 42.0 Å². The van der Waals surface area contributed by atoms with Gasteiger partial charge in [0.05, 0.1) is 5.56 Å². The number of carbonyl (C=O) groups is 1. The number of carboxylic acids is 1. The number of hydrogen-bond acceptors (Lipinski definition) is 3. The largest absolute Gasteiger partial charge is 0.478 e. The molecule has 1 heterocycles. The lowest BCUT2D eigenvalue weighted by Gasteiger charge is -2.35. The third-order valence-corrected chi connectivity index (χ3v) is 4.65. The van der Waals surface area contributed by atoms with E-state index >= 15 is 0 Å². The Balaban J connectivity index is 1.48. The highest BCUT2D eigenvalue weighted by molar-refractivity contribution is 6.30. The molecule has 0 spiro atoms. The molecule has 4 nitrogen and oxygen atoms in total. The number of nitrogens with zero attached hydrogens (tertiary/aromatic N) is 2. The highest BCUT2D eigenvalue weighted by atomic mass is 35.5. The molecule has 0 bridgehead atoms. The van der Waals surface area contributed by atoms with Crippen LogP contribution < -0.4 is 4.90 Å². The van der Waals surface area contributed by atoms with Crippen LogP contribution in [0.5, 0.6) is 0 Å². The molecule has 2 aromatic rings. The fourth-order valence-corrected chi connectivity index (χ4v) is 3.04. The molecule has 0 aliphatic carbocycles. The molecule has 2 aromatic carbocycles. The molecule has 0 saturated carbocycles. The Morgan fingerprint density at radius 3 is 2.24 bits per heavy atom. The standard InChI is InChI=1S/C20H21ClN2O2/c21-18-7-3-16(4-8-18)2-1-11-22-12-14-23(15-13-22)19-9-5-17(6-10-19)20(24)25/h1-10H,11-15H2,(H,24,25)/b2-1+. The number of hydrogen-bond donors (Lipinski definition) is 1. The normalized spacial score (nSPS) is 15.6. The Bertz CT molecular complexity index is 733. The second-order valence-corrected chi connectivity index (χ2v) is 6.53. The number of benzene rings is 2. The first-order chi connectivity index (χ1) is 12.1. The summed E-state index contributed by atoms with van der Waals surface area (Å²) < 4.78 is 0. The van der Waals surface area contributed by atoms with E-state index in [1.165, 1.54) is 0 Å². The zero-order chi connectivity index (χ0) is 17.6. The monoisotopic (exact) mass is 356 g/mol. The number of carboxylic acid groups (broad SMARTS) is 1. The van der Waals surface area contributed by atoms with Crippen LogP contribution in [0, 0.1) is 0 Å². The van der Waals surface area contributed by atoms with Crippen LogP contribution in [0.3, 0.4) is 0 Å². The number of aromatic carboxylic acids is 1. The third-order valence-electron chi connectivity index (χ3n) is 4.40. The molecule has 3 rings (SSSR count). The summed E-state index contributed by atoms with van der Waals surface area (Å²) in [5.74, 6) is -0.885. The molecule has 0 atom stereocenters. The smallest absolute Gasteiger partial charge is 0.335 e. The van der Waals surface area contributed by atoms with Gasteiger partial charge in [0.1, 0.15) is 0 Å². The van der Waals surface area contributed by atoms with Gasteiger partial charge in [-0.2, -0.15) is 0 Å². The number of piperazine rings is 1. The molecule has 25 heavy (non-hydrogen) atoms. The van der Waals surface area contributed by atoms with E-state index in [2.05, 4.69) is 22.0 Å². The van der Waals surface area contributed by atoms with Crippen molar-refractivity contribution >= 4 is 29.3 Å². The van der Waals surface area contributed by atoms with E-state index in [1.54, 1.807) is 12.1 Å². The topological polar surface area (TPSA) is 43.8 Å². The van der Waals surface area contributed by atoms with Crippen LogP contribution in [0.2, 0.25) is 5.02 Å². The van der Waals surface area contributed by atoms with Crippen molar-refractivity contribution in [2.24, 2.45) is 0 Å². The highest BCUT2D eigenvalue weighted by Gasteiger charge is 2.16. The predicted molar refractivity (Wildman–Crippen MR) is 103 cm³/mol. The molecule has 1 fully saturated rings. The maximum atomic E-state index is 10.9. The summed E-state index contributed by atoms with van der Waals surface area (Å²) in [5, 5.41) is 9.72. The van der Waals surface area contributed by atoms with Gasteiger partial charge >= 0.3 is 5.97 Å². The van der Waals surface area contributed by atoms with E-state index < -0.39 is 5.97 Å². The fourth-order valence-electron chi connectivity index (χ4n) is 2.92. The summed E-state index contributed by atoms with van der Waals surface area (Å²) in [7, 11) is 0. The Labute approximate surface area is 152 Å². The maximum Gasteiger partial charge on any atom is 0.335 e. The SMILES string of the molecule is O=C(O)c1ccc(N2CCN(C/C=C/c3ccc(Cl)cc3)CC2)cc1. The summed E-state index contributed by atoms with van der Waals surface area (Å²) in [5.41, 5.74) is 2.57. The number of halogens is 1. The minimum Gasteiger partial charge on any atom is -0.478 e. The van der Waals surface area contributed by atoms with Crippen LogP contribution in [0.1, 0.15) is 15.9 Å². The molecule has 0 amide bonds. The molecule has 0 aromatic heterocycles. The van der Waals surface area contributed by atoms with Crippen LogP contribution in [-0.2, 0) is 0 Å². The van der Waals surface area contributed by atoms with Crippen molar-refractivity contribution in [3.05, 3.63) is 70.8 Å². The van der Waals surface area contributed by atoms with E-state index in [9.17, 15) is 4.79 Å². The maximum absolute atomic E-state index is 10.9. The van der Waals surface area contributed by atoms with Crippen molar-refractivity contribution in [1.29, 1.82) is 0 Å². The van der Waals surface area contributed by atoms with Crippen LogP contribution in [0.25, 0.3) is 6.08 Å². The van der Waals surface area contributed by atoms with Crippen molar-refractivity contribution in [2.75, 3.05) is 37.6 Å². The molecule has 1 aliphatic rings. The van der Waals surface area contributed by atoms with Crippen LogP contribution in [0.4, 0.5) is 5.69 Å². The average Bonchev–Trinajstić information content (AvgIpc) is 2.64. The van der Waals surface area contributed by atoms with Gasteiger partial charge in [-0.15, -0.1) is 0 Å². The first kappa shape index (κ1) is 17.5. The summed E-state index contributed by atoms with van der Waals surface area (Å²) in [4.78, 5) is 15.6. The van der Waals surface area contributed by atoms with E-state index in [1.807, 2.05) is 36.4 Å². The van der Waals surface area contributed by atoms with Gasteiger partial charge in [-0.3, -0.25) is 4.90 Å². The fraction of sp³-hybridized carbons (Fsp3) is 0.250. The van der Waals surface area contributed by atoms with Gasteiger partial charge in [0.25, 0.3) is 0 Å². The Morgan fingerprint density at radius 2 is 1.64 bits per heavy atom. The predicted octanol–water partition coefficient (Wildman–Crippen LogP) is 3.87. The third kappa shape index (κ3) is 4.84. The average molecular weight is 357 g/mol. The van der Waals surface area contributed by atoms with E-state index in [0.29, 0.717) is 5.56 Å². The zero-order valence-corrected chi connectivity index (χ0v) is 14.7. The minimum absolute atomic E-state index is 0.328. The Hall–Kier alpha value is -2.30. The van der Waals surface area contributed by atoms with Gasteiger partial charge in [-0.25, -0.2) is 4.79 Å². The highest BCUT2D eigenvalue weighted by Crippen LogP contribution is 2.17. The molecule has 130 valence electrons. The summed E-state index contributed by atoms with van der Waals surface area (Å²) in [6, 6.07) is 14.9. The van der Waals surface area contributed by atoms with Crippen molar-refractivity contribution in [3.63, 3.8) is 0 Å². The van der Waals surface area contributed by atoms with E-state index in [-0.39, 0.29) is 0 Å². The second kappa shape index (κ2) is 8.19. The van der Waals surface area contributed by atoms with E-state index in [0.717, 1.165) is 49.0 Å². The lowest BCUT2D eigenvalue weighted by Crippen LogP contribution is -2.46. The zero-order valence-electron chi connectivity index (χ0n) is 13.9. The Morgan fingerprint density at radius 1 is 1.00 bits per heavy atom. The molecular weight excluding hydrogens is 336 g/mol. The molecule has 0 radical (unpaired) electrons. The molecular formula is C20H21ClN2O2. The number of rotatable bonds is 5. The van der Waals surface area contributed by atoms with Crippen molar-refractivity contribution in [3.8, 4) is 0 Å². The van der Waals surface area contributed by atoms with Crippen molar-refractivity contribution in [2.45, 2.75) is 0 Å². The summed E-state index contributed by atoms with van der Waals surface area (Å²) in [6.07, 6.45) is 4.30. The lowest BCUT2D eigenvalue weighted by molar-refractivity contribution is 0.0697. The molecule has 5 heteroatoms. The molecule has 1 saturated heterocycles. The Kier molecular flexibility index (Phi) is 5.74. The van der Waals surface area contributed by atoms with Gasteiger partial charge < -0.3 is 10.0 Å². The van der Waals surface area contributed by atoms with Gasteiger partial charge in [-0.1, -0.05) is 35.9 Å². The summed E-state index contributed by atoms with van der Waals surface area (Å²) in [6.45, 7) is 4.80. The van der Waals surface area contributed by atoms with Crippen molar-refractivity contribution < 1.29 is 9.90 Å². The first-order valence-electron chi connectivity index (χ1n) is 8.34. The van der Waals surface area contributed by atoms with Gasteiger partial charge in [0.2, 0.25) is 0 Å². The van der Waals surface area contributed by atoms with Crippen molar-refractivity contribution in [1.82, 2.24) is 4.90 Å². The second-order valence-electron chi connectivity index (χ2n) is 6.09. The van der Waals surface area contributed by atoms with E-state index in [4.69, 9.17) is 16.7 Å². The first-order valence-corrected chi connectivity index (χ1v) is 8.72. The van der Waals surface area contributed by atoms with Crippen LogP contribution in [0.15, 0.2) is 54.6 Å². The lowest BCUT2D eigenvalue weighted by atomic mass is 10.2. The molecule has 0 unspecified atom stereocenters. The van der Waals surface area contributed by atoms with Gasteiger partial charge in [0, 0.05) is 43.4 Å². The minimum atomic E-state index is -0.885. The summed E-state index contributed by atoms with van der Waals surface area (Å²) >= 11 is 5.89. The van der Waals surface area contributed by atoms with Crippen LogP contribution in [-0.4, -0.2) is 48.7 Å². The molecule has 1 aliphatic heterocycles. The quantitative estimate of drug-likeness (QED) is 0.883. The molecule has 1 N–H and O–H groups in total.